The number of imidazole rings is 1. The number of aliphatic hydroxyl groups is 1. The molecule has 10 nitrogen and oxygen atoms in total. The molecule has 0 saturated carbocycles. The van der Waals surface area contributed by atoms with Gasteiger partial charge in [-0.3, -0.25) is 14.3 Å². The average molecular weight is 428 g/mol. The second-order valence-electron chi connectivity index (χ2n) is 8.03. The minimum absolute atomic E-state index is 0.0658. The van der Waals surface area contributed by atoms with Crippen molar-refractivity contribution in [2.24, 2.45) is 7.05 Å². The van der Waals surface area contributed by atoms with E-state index in [0.29, 0.717) is 17.3 Å². The van der Waals surface area contributed by atoms with Crippen molar-refractivity contribution < 1.29 is 9.84 Å². The van der Waals surface area contributed by atoms with Crippen molar-refractivity contribution in [2.75, 3.05) is 44.7 Å². The highest BCUT2D eigenvalue weighted by atomic mass is 16.5. The summed E-state index contributed by atoms with van der Waals surface area (Å²) in [7, 11) is 3.63. The summed E-state index contributed by atoms with van der Waals surface area (Å²) in [6.07, 6.45) is -0.875. The van der Waals surface area contributed by atoms with E-state index in [2.05, 4.69) is 26.8 Å². The Morgan fingerprint density at radius 2 is 1.87 bits per heavy atom. The van der Waals surface area contributed by atoms with Crippen LogP contribution in [-0.2, 0) is 13.6 Å². The van der Waals surface area contributed by atoms with Gasteiger partial charge in [-0.1, -0.05) is 18.2 Å². The zero-order valence-electron chi connectivity index (χ0n) is 18.0. The van der Waals surface area contributed by atoms with Gasteiger partial charge in [-0.15, -0.1) is 0 Å². The number of H-pyrrole nitrogens is 1. The SMILES string of the molecule is Cc1ccccc1OC[C@@H](O)Cn1c(N2CCN(C)CC2)nc2c1c(=O)[nH]c(=O)n2C. The van der Waals surface area contributed by atoms with Crippen LogP contribution >= 0.6 is 0 Å². The van der Waals surface area contributed by atoms with E-state index in [1.165, 1.54) is 4.57 Å². The maximum atomic E-state index is 12.7. The molecule has 3 heterocycles. The van der Waals surface area contributed by atoms with Crippen LogP contribution in [0.5, 0.6) is 5.75 Å². The number of aromatic nitrogens is 4. The molecule has 0 aliphatic carbocycles. The summed E-state index contributed by atoms with van der Waals surface area (Å²) in [4.78, 5) is 36.0. The van der Waals surface area contributed by atoms with Crippen LogP contribution < -0.4 is 20.9 Å². The Balaban J connectivity index is 1.67. The average Bonchev–Trinajstić information content (AvgIpc) is 3.12. The standard InChI is InChI=1S/C21H28N6O4/c1-14-6-4-5-7-16(14)31-13-15(28)12-27-17-18(25(3)21(30)23-19(17)29)22-20(27)26-10-8-24(2)9-11-26/h4-7,15,28H,8-13H2,1-3H3,(H,23,29,30)/t15-/m0/s1. The molecule has 0 amide bonds. The van der Waals surface area contributed by atoms with E-state index in [-0.39, 0.29) is 18.7 Å². The lowest BCUT2D eigenvalue weighted by molar-refractivity contribution is 0.0932. The molecular weight excluding hydrogens is 400 g/mol. The number of hydrogen-bond acceptors (Lipinski definition) is 7. The number of aliphatic hydroxyl groups excluding tert-OH is 1. The summed E-state index contributed by atoms with van der Waals surface area (Å²) >= 11 is 0. The lowest BCUT2D eigenvalue weighted by Gasteiger charge is -2.33. The fourth-order valence-corrected chi connectivity index (χ4v) is 3.81. The Labute approximate surface area is 179 Å². The molecule has 0 unspecified atom stereocenters. The molecule has 2 aromatic heterocycles. The summed E-state index contributed by atoms with van der Waals surface area (Å²) in [6.45, 7) is 5.32. The van der Waals surface area contributed by atoms with Crippen LogP contribution in [0.15, 0.2) is 33.9 Å². The van der Waals surface area contributed by atoms with Gasteiger partial charge >= 0.3 is 5.69 Å². The molecule has 166 valence electrons. The van der Waals surface area contributed by atoms with Crippen LogP contribution in [0.3, 0.4) is 0 Å². The van der Waals surface area contributed by atoms with Gasteiger partial charge in [-0.25, -0.2) is 4.79 Å². The number of aryl methyl sites for hydroxylation is 2. The lowest BCUT2D eigenvalue weighted by Crippen LogP contribution is -2.45. The maximum absolute atomic E-state index is 12.7. The highest BCUT2D eigenvalue weighted by Gasteiger charge is 2.25. The number of ether oxygens (including phenoxy) is 1. The molecule has 1 aromatic carbocycles. The largest absolute Gasteiger partial charge is 0.491 e. The smallest absolute Gasteiger partial charge is 0.329 e. The summed E-state index contributed by atoms with van der Waals surface area (Å²) in [5, 5.41) is 10.7. The number of aromatic amines is 1. The monoisotopic (exact) mass is 428 g/mol. The predicted molar refractivity (Wildman–Crippen MR) is 118 cm³/mol. The molecule has 0 radical (unpaired) electrons. The number of nitrogens with zero attached hydrogens (tertiary/aromatic N) is 5. The van der Waals surface area contributed by atoms with Crippen LogP contribution in [0.4, 0.5) is 5.95 Å². The third-order valence-electron chi connectivity index (χ3n) is 5.69. The van der Waals surface area contributed by atoms with Crippen LogP contribution in [0.1, 0.15) is 5.56 Å². The summed E-state index contributed by atoms with van der Waals surface area (Å²) in [6, 6.07) is 7.60. The Hall–Kier alpha value is -3.11. The molecule has 31 heavy (non-hydrogen) atoms. The molecule has 1 fully saturated rings. The van der Waals surface area contributed by atoms with Crippen LogP contribution in [0.2, 0.25) is 0 Å². The number of para-hydroxylation sites is 1. The number of hydrogen-bond donors (Lipinski definition) is 2. The van der Waals surface area contributed by atoms with E-state index in [1.807, 2.05) is 31.2 Å². The normalized spacial score (nSPS) is 16.1. The highest BCUT2D eigenvalue weighted by Crippen LogP contribution is 2.22. The predicted octanol–water partition coefficient (Wildman–Crippen LogP) is -0.0766. The molecule has 1 atom stereocenters. The first-order valence-corrected chi connectivity index (χ1v) is 10.3. The quantitative estimate of drug-likeness (QED) is 0.565. The van der Waals surface area contributed by atoms with Crippen molar-refractivity contribution in [3.05, 3.63) is 50.7 Å². The van der Waals surface area contributed by atoms with Crippen molar-refractivity contribution in [2.45, 2.75) is 19.6 Å². The first-order valence-electron chi connectivity index (χ1n) is 10.3. The fraction of sp³-hybridized carbons (Fsp3) is 0.476. The van der Waals surface area contributed by atoms with E-state index >= 15 is 0 Å². The van der Waals surface area contributed by atoms with Gasteiger partial charge in [-0.2, -0.15) is 4.98 Å². The minimum atomic E-state index is -0.875. The Kier molecular flexibility index (Phi) is 5.84. The number of nitrogens with one attached hydrogen (secondary N) is 1. The Morgan fingerprint density at radius 1 is 1.16 bits per heavy atom. The van der Waals surface area contributed by atoms with Crippen molar-refractivity contribution >= 4 is 17.1 Å². The first kappa shape index (κ1) is 21.1. The molecule has 1 aliphatic heterocycles. The number of fused-ring (bicyclic) bond motifs is 1. The van der Waals surface area contributed by atoms with Gasteiger partial charge < -0.3 is 24.2 Å². The van der Waals surface area contributed by atoms with E-state index in [9.17, 15) is 14.7 Å². The van der Waals surface area contributed by atoms with E-state index in [1.54, 1.807) is 11.6 Å². The van der Waals surface area contributed by atoms with Gasteiger partial charge in [0.25, 0.3) is 5.56 Å². The minimum Gasteiger partial charge on any atom is -0.491 e. The molecule has 3 aromatic rings. The van der Waals surface area contributed by atoms with E-state index in [4.69, 9.17) is 4.74 Å². The number of likely N-dealkylation sites (N-methyl/N-ethyl adjacent to an activating group) is 1. The third kappa shape index (κ3) is 4.21. The van der Waals surface area contributed by atoms with Gasteiger partial charge in [0.15, 0.2) is 11.2 Å². The van der Waals surface area contributed by atoms with Crippen molar-refractivity contribution in [1.29, 1.82) is 0 Å². The van der Waals surface area contributed by atoms with Gasteiger partial charge in [0.2, 0.25) is 5.95 Å². The zero-order chi connectivity index (χ0) is 22.1. The second-order valence-corrected chi connectivity index (χ2v) is 8.03. The Morgan fingerprint density at radius 3 is 2.58 bits per heavy atom. The van der Waals surface area contributed by atoms with Crippen molar-refractivity contribution in [1.82, 2.24) is 24.0 Å². The van der Waals surface area contributed by atoms with Gasteiger partial charge in [0, 0.05) is 33.2 Å². The zero-order valence-corrected chi connectivity index (χ0v) is 18.0. The molecule has 1 aliphatic rings. The molecule has 10 heteroatoms. The molecule has 0 bridgehead atoms. The molecular formula is C21H28N6O4. The van der Waals surface area contributed by atoms with Crippen LogP contribution in [-0.4, -0.2) is 75.0 Å². The molecule has 4 rings (SSSR count). The van der Waals surface area contributed by atoms with Gasteiger partial charge in [0.1, 0.15) is 18.5 Å². The van der Waals surface area contributed by atoms with Crippen LogP contribution in [0.25, 0.3) is 11.2 Å². The lowest BCUT2D eigenvalue weighted by atomic mass is 10.2. The summed E-state index contributed by atoms with van der Waals surface area (Å²) in [5.41, 5.74) is 0.515. The van der Waals surface area contributed by atoms with Crippen molar-refractivity contribution in [3.63, 3.8) is 0 Å². The number of anilines is 1. The number of rotatable bonds is 6. The molecule has 0 spiro atoms. The number of benzene rings is 1. The van der Waals surface area contributed by atoms with E-state index in [0.717, 1.165) is 31.7 Å². The Bertz CT molecular complexity index is 1190. The maximum Gasteiger partial charge on any atom is 0.329 e. The van der Waals surface area contributed by atoms with Crippen molar-refractivity contribution in [3.8, 4) is 5.75 Å². The summed E-state index contributed by atoms with van der Waals surface area (Å²) < 4.78 is 8.81. The fourth-order valence-electron chi connectivity index (χ4n) is 3.81. The van der Waals surface area contributed by atoms with Gasteiger partial charge in [-0.05, 0) is 25.6 Å². The second kappa shape index (κ2) is 8.56. The summed E-state index contributed by atoms with van der Waals surface area (Å²) in [5.74, 6) is 1.28. The highest BCUT2D eigenvalue weighted by molar-refractivity contribution is 5.74. The topological polar surface area (TPSA) is 109 Å². The third-order valence-corrected chi connectivity index (χ3v) is 5.69. The van der Waals surface area contributed by atoms with Crippen LogP contribution in [0, 0.1) is 6.92 Å². The molecule has 1 saturated heterocycles. The first-order chi connectivity index (χ1) is 14.8. The number of piperazine rings is 1. The van der Waals surface area contributed by atoms with Gasteiger partial charge in [0.05, 0.1) is 6.54 Å². The van der Waals surface area contributed by atoms with E-state index < -0.39 is 17.4 Å². The molecule has 2 N–H and O–H groups in total.